The second-order valence-corrected chi connectivity index (χ2v) is 7.70. The van der Waals surface area contributed by atoms with Crippen molar-refractivity contribution in [3.05, 3.63) is 26.6 Å². The van der Waals surface area contributed by atoms with Crippen LogP contribution < -0.4 is 11.3 Å². The number of H-pyrrole nitrogens is 1. The fraction of sp³-hybridized carbons (Fsp3) is 0.533. The molecule has 1 amide bonds. The number of thiophene rings is 1. The number of hydrogen-bond donors (Lipinski definition) is 2. The molecule has 22 heavy (non-hydrogen) atoms. The lowest BCUT2D eigenvalue weighted by molar-refractivity contribution is -0.115. The highest BCUT2D eigenvalue weighted by Crippen LogP contribution is 2.29. The summed E-state index contributed by atoms with van der Waals surface area (Å²) in [5.74, 6) is 1.48. The molecule has 2 rings (SSSR count). The van der Waals surface area contributed by atoms with E-state index in [1.807, 2.05) is 6.92 Å². The van der Waals surface area contributed by atoms with Crippen LogP contribution in [0.4, 0.5) is 0 Å². The molecule has 0 saturated carbocycles. The third kappa shape index (κ3) is 3.89. The van der Waals surface area contributed by atoms with E-state index >= 15 is 0 Å². The van der Waals surface area contributed by atoms with Crippen molar-refractivity contribution in [1.82, 2.24) is 9.97 Å². The highest BCUT2D eigenvalue weighted by molar-refractivity contribution is 7.99. The first kappa shape index (κ1) is 17.0. The number of thioether (sulfide) groups is 1. The van der Waals surface area contributed by atoms with Crippen LogP contribution in [-0.2, 0) is 17.0 Å². The summed E-state index contributed by atoms with van der Waals surface area (Å²) in [5.41, 5.74) is 6.15. The Hall–Kier alpha value is -1.34. The molecule has 1 atom stereocenters. The number of aryl methyl sites for hydroxylation is 1. The number of aromatic amines is 1. The molecule has 0 aliphatic heterocycles. The first-order chi connectivity index (χ1) is 10.4. The van der Waals surface area contributed by atoms with Gasteiger partial charge in [0.05, 0.1) is 16.9 Å². The van der Waals surface area contributed by atoms with Crippen molar-refractivity contribution in [3.63, 3.8) is 0 Å². The summed E-state index contributed by atoms with van der Waals surface area (Å²) in [7, 11) is 0. The minimum atomic E-state index is -0.365. The van der Waals surface area contributed by atoms with Crippen molar-refractivity contribution in [2.75, 3.05) is 5.75 Å². The van der Waals surface area contributed by atoms with E-state index in [0.29, 0.717) is 17.5 Å². The highest BCUT2D eigenvalue weighted by Gasteiger charge is 2.16. The van der Waals surface area contributed by atoms with Gasteiger partial charge in [-0.05, 0) is 24.8 Å². The molecule has 5 nitrogen and oxygen atoms in total. The Bertz CT molecular complexity index is 736. The van der Waals surface area contributed by atoms with Gasteiger partial charge in [-0.3, -0.25) is 9.59 Å². The highest BCUT2D eigenvalue weighted by atomic mass is 32.2. The Morgan fingerprint density at radius 1 is 1.50 bits per heavy atom. The van der Waals surface area contributed by atoms with Crippen LogP contribution in [-0.4, -0.2) is 21.6 Å². The van der Waals surface area contributed by atoms with Crippen LogP contribution in [0.2, 0.25) is 0 Å². The zero-order chi connectivity index (χ0) is 16.3. The maximum absolute atomic E-state index is 12.4. The molecule has 2 heterocycles. The van der Waals surface area contributed by atoms with E-state index in [9.17, 15) is 9.59 Å². The first-order valence-corrected chi connectivity index (χ1v) is 9.26. The zero-order valence-electron chi connectivity index (χ0n) is 13.1. The summed E-state index contributed by atoms with van der Waals surface area (Å²) in [5, 5.41) is 0.728. The van der Waals surface area contributed by atoms with E-state index in [4.69, 9.17) is 5.73 Å². The molecule has 2 aromatic heterocycles. The second kappa shape index (κ2) is 7.28. The average Bonchev–Trinajstić information content (AvgIpc) is 2.74. The van der Waals surface area contributed by atoms with Crippen LogP contribution in [0, 0.1) is 12.8 Å². The van der Waals surface area contributed by atoms with Crippen molar-refractivity contribution >= 4 is 39.2 Å². The molecule has 0 bridgehead atoms. The van der Waals surface area contributed by atoms with Crippen LogP contribution in [0.1, 0.15) is 36.5 Å². The van der Waals surface area contributed by atoms with Crippen molar-refractivity contribution in [1.29, 1.82) is 0 Å². The molecule has 120 valence electrons. The number of carbonyl (C=O) groups excluding carboxylic acids is 1. The lowest BCUT2D eigenvalue weighted by Gasteiger charge is -2.08. The third-order valence-corrected chi connectivity index (χ3v) is 5.65. The van der Waals surface area contributed by atoms with Gasteiger partial charge in [0, 0.05) is 4.88 Å². The normalized spacial score (nSPS) is 12.7. The molecule has 3 N–H and O–H groups in total. The largest absolute Gasteiger partial charge is 0.369 e. The van der Waals surface area contributed by atoms with E-state index in [0.717, 1.165) is 33.5 Å². The van der Waals surface area contributed by atoms with Gasteiger partial charge in [0.1, 0.15) is 10.7 Å². The molecule has 0 radical (unpaired) electrons. The van der Waals surface area contributed by atoms with Gasteiger partial charge < -0.3 is 10.7 Å². The van der Waals surface area contributed by atoms with Crippen LogP contribution in [0.25, 0.3) is 10.2 Å². The topological polar surface area (TPSA) is 88.8 Å². The summed E-state index contributed by atoms with van der Waals surface area (Å²) in [6.45, 7) is 6.40. The molecular weight excluding hydrogens is 318 g/mol. The zero-order valence-corrected chi connectivity index (χ0v) is 14.7. The van der Waals surface area contributed by atoms with Gasteiger partial charge >= 0.3 is 0 Å². The standard InChI is InChI=1S/C15H21N3O2S2/c1-4-8(2)5-10-9(3)22-15-13(10)14(20)17-12(18-15)7-21-6-11(16)19/h8H,4-7H2,1-3H3,(H2,16,19)(H,17,18,20)/t8-/m0/s1. The number of carbonyl (C=O) groups is 1. The van der Waals surface area contributed by atoms with E-state index < -0.39 is 0 Å². The summed E-state index contributed by atoms with van der Waals surface area (Å²) >= 11 is 2.92. The number of aromatic nitrogens is 2. The second-order valence-electron chi connectivity index (χ2n) is 5.51. The van der Waals surface area contributed by atoms with Crippen LogP contribution >= 0.6 is 23.1 Å². The molecule has 0 aromatic carbocycles. The Morgan fingerprint density at radius 3 is 2.86 bits per heavy atom. The summed E-state index contributed by atoms with van der Waals surface area (Å²) in [6.07, 6.45) is 1.99. The average molecular weight is 339 g/mol. The number of hydrogen-bond acceptors (Lipinski definition) is 5. The van der Waals surface area contributed by atoms with Crippen molar-refractivity contribution < 1.29 is 4.79 Å². The van der Waals surface area contributed by atoms with E-state index in [-0.39, 0.29) is 17.2 Å². The number of nitrogens with one attached hydrogen (secondary N) is 1. The summed E-state index contributed by atoms with van der Waals surface area (Å²) in [4.78, 5) is 32.5. The Balaban J connectivity index is 2.32. The number of rotatable bonds is 7. The van der Waals surface area contributed by atoms with Crippen LogP contribution in [0.5, 0.6) is 0 Å². The number of fused-ring (bicyclic) bond motifs is 1. The van der Waals surface area contributed by atoms with E-state index in [1.165, 1.54) is 11.8 Å². The Kier molecular flexibility index (Phi) is 5.63. The van der Waals surface area contributed by atoms with Gasteiger partial charge in [-0.25, -0.2) is 4.98 Å². The monoisotopic (exact) mass is 339 g/mol. The van der Waals surface area contributed by atoms with Gasteiger partial charge in [-0.1, -0.05) is 20.3 Å². The molecule has 0 aliphatic carbocycles. The molecule has 0 unspecified atom stereocenters. The summed E-state index contributed by atoms with van der Waals surface area (Å²) in [6, 6.07) is 0. The maximum atomic E-state index is 12.4. The van der Waals surface area contributed by atoms with E-state index in [1.54, 1.807) is 11.3 Å². The predicted molar refractivity (Wildman–Crippen MR) is 93.5 cm³/mol. The quantitative estimate of drug-likeness (QED) is 0.811. The first-order valence-electron chi connectivity index (χ1n) is 7.29. The molecule has 0 saturated heterocycles. The minimum Gasteiger partial charge on any atom is -0.369 e. The van der Waals surface area contributed by atoms with Gasteiger partial charge in [0.25, 0.3) is 5.56 Å². The van der Waals surface area contributed by atoms with Gasteiger partial charge in [-0.15, -0.1) is 23.1 Å². The molecule has 7 heteroatoms. The number of nitrogens with zero attached hydrogens (tertiary/aromatic N) is 1. The van der Waals surface area contributed by atoms with Crippen LogP contribution in [0.3, 0.4) is 0 Å². The maximum Gasteiger partial charge on any atom is 0.259 e. The molecule has 0 spiro atoms. The van der Waals surface area contributed by atoms with Gasteiger partial charge in [0.2, 0.25) is 5.91 Å². The Morgan fingerprint density at radius 2 is 2.23 bits per heavy atom. The minimum absolute atomic E-state index is 0.0812. The predicted octanol–water partition coefficient (Wildman–Crippen LogP) is 2.60. The molecule has 0 aliphatic rings. The van der Waals surface area contributed by atoms with Crippen molar-refractivity contribution in [3.8, 4) is 0 Å². The van der Waals surface area contributed by atoms with Crippen molar-refractivity contribution in [2.45, 2.75) is 39.4 Å². The molecular formula is C15H21N3O2S2. The fourth-order valence-corrected chi connectivity index (χ4v) is 3.98. The Labute approximate surface area is 137 Å². The van der Waals surface area contributed by atoms with Gasteiger partial charge in [0.15, 0.2) is 0 Å². The molecule has 2 aromatic rings. The third-order valence-electron chi connectivity index (χ3n) is 3.64. The number of primary amides is 1. The lowest BCUT2D eigenvalue weighted by atomic mass is 9.98. The molecule has 0 fully saturated rings. The van der Waals surface area contributed by atoms with E-state index in [2.05, 4.69) is 23.8 Å². The SMILES string of the molecule is CC[C@H](C)Cc1c(C)sc2nc(CSCC(N)=O)[nH]c(=O)c12. The van der Waals surface area contributed by atoms with Crippen LogP contribution in [0.15, 0.2) is 4.79 Å². The number of amides is 1. The summed E-state index contributed by atoms with van der Waals surface area (Å²) < 4.78 is 0. The smallest absolute Gasteiger partial charge is 0.259 e. The lowest BCUT2D eigenvalue weighted by Crippen LogP contribution is -2.15. The fourth-order valence-electron chi connectivity index (χ4n) is 2.27. The number of nitrogens with two attached hydrogens (primary N) is 1. The van der Waals surface area contributed by atoms with Gasteiger partial charge in [-0.2, -0.15) is 0 Å². The van der Waals surface area contributed by atoms with Crippen molar-refractivity contribution in [2.24, 2.45) is 11.7 Å².